The number of alkyl halides is 3. The Morgan fingerprint density at radius 1 is 1.33 bits per heavy atom. The summed E-state index contributed by atoms with van der Waals surface area (Å²) in [6.07, 6.45) is -1.91. The largest absolute Gasteiger partial charge is 0.416 e. The van der Waals surface area contributed by atoms with Crippen molar-refractivity contribution >= 4 is 11.8 Å². The topological polar surface area (TPSA) is 32.3 Å². The van der Waals surface area contributed by atoms with E-state index in [1.54, 1.807) is 24.8 Å². The summed E-state index contributed by atoms with van der Waals surface area (Å²) in [4.78, 5) is 0. The van der Waals surface area contributed by atoms with Gasteiger partial charge in [-0.25, -0.2) is 0 Å². The Morgan fingerprint density at radius 3 is 2.57 bits per heavy atom. The Hall–Kier alpha value is -0.720. The van der Waals surface area contributed by atoms with E-state index in [2.05, 4.69) is 5.32 Å². The second-order valence-electron chi connectivity index (χ2n) is 5.61. The average Bonchev–Trinajstić information content (AvgIpc) is 2.36. The Bertz CT molecular complexity index is 449. The van der Waals surface area contributed by atoms with E-state index in [4.69, 9.17) is 0 Å². The van der Waals surface area contributed by atoms with Gasteiger partial charge >= 0.3 is 6.18 Å². The third kappa shape index (κ3) is 6.72. The first-order chi connectivity index (χ1) is 9.64. The zero-order valence-corrected chi connectivity index (χ0v) is 13.3. The van der Waals surface area contributed by atoms with Gasteiger partial charge in [-0.1, -0.05) is 18.2 Å². The summed E-state index contributed by atoms with van der Waals surface area (Å²) in [5, 5.41) is 13.2. The standard InChI is InChI=1S/C15H22F3NOS/c1-11(19-9-14(2,20)10-21-3)7-12-5-4-6-13(8-12)15(16,17)18/h4-6,8,11,19-20H,7,9-10H2,1-3H3/t11-,14-/m1/s1. The molecule has 0 aromatic heterocycles. The van der Waals surface area contributed by atoms with E-state index >= 15 is 0 Å². The van der Waals surface area contributed by atoms with Gasteiger partial charge < -0.3 is 10.4 Å². The van der Waals surface area contributed by atoms with Gasteiger partial charge in [-0.2, -0.15) is 24.9 Å². The van der Waals surface area contributed by atoms with Crippen LogP contribution in [0.15, 0.2) is 24.3 Å². The molecule has 1 aromatic rings. The maximum atomic E-state index is 12.6. The lowest BCUT2D eigenvalue weighted by Gasteiger charge is -2.25. The minimum absolute atomic E-state index is 0.0122. The van der Waals surface area contributed by atoms with Crippen molar-refractivity contribution in [3.8, 4) is 0 Å². The van der Waals surface area contributed by atoms with Crippen LogP contribution in [0.25, 0.3) is 0 Å². The SMILES string of the molecule is CSC[C@](C)(O)CN[C@H](C)Cc1cccc(C(F)(F)F)c1. The maximum Gasteiger partial charge on any atom is 0.416 e. The van der Waals surface area contributed by atoms with Crippen molar-refractivity contribution in [3.63, 3.8) is 0 Å². The van der Waals surface area contributed by atoms with E-state index < -0.39 is 17.3 Å². The Morgan fingerprint density at radius 2 is 2.00 bits per heavy atom. The molecule has 6 heteroatoms. The average molecular weight is 321 g/mol. The zero-order valence-electron chi connectivity index (χ0n) is 12.5. The second kappa shape index (κ2) is 7.51. The van der Waals surface area contributed by atoms with E-state index in [1.807, 2.05) is 13.2 Å². The normalized spacial score (nSPS) is 16.5. The van der Waals surface area contributed by atoms with E-state index in [1.165, 1.54) is 12.1 Å². The van der Waals surface area contributed by atoms with Gasteiger partial charge in [0.2, 0.25) is 0 Å². The molecule has 0 saturated heterocycles. The van der Waals surface area contributed by atoms with Gasteiger partial charge in [-0.15, -0.1) is 0 Å². The van der Waals surface area contributed by atoms with Gasteiger partial charge in [-0.05, 0) is 38.2 Å². The van der Waals surface area contributed by atoms with E-state index in [0.717, 1.165) is 6.07 Å². The van der Waals surface area contributed by atoms with Crippen LogP contribution >= 0.6 is 11.8 Å². The molecule has 0 aliphatic heterocycles. The third-order valence-corrected chi connectivity index (χ3v) is 3.99. The van der Waals surface area contributed by atoms with Gasteiger partial charge in [0, 0.05) is 18.3 Å². The van der Waals surface area contributed by atoms with Gasteiger partial charge in [0.1, 0.15) is 0 Å². The minimum atomic E-state index is -4.31. The molecule has 1 aromatic carbocycles. The molecule has 0 spiro atoms. The van der Waals surface area contributed by atoms with Crippen LogP contribution in [0.1, 0.15) is 25.0 Å². The summed E-state index contributed by atoms with van der Waals surface area (Å²) in [7, 11) is 0. The molecule has 120 valence electrons. The number of rotatable bonds is 7. The zero-order chi connectivity index (χ0) is 16.1. The lowest BCUT2D eigenvalue weighted by Crippen LogP contribution is -2.43. The number of aliphatic hydroxyl groups is 1. The van der Waals surface area contributed by atoms with Crippen molar-refractivity contribution in [2.45, 2.75) is 38.1 Å². The summed E-state index contributed by atoms with van der Waals surface area (Å²) in [6.45, 7) is 4.05. The second-order valence-corrected chi connectivity index (χ2v) is 6.48. The lowest BCUT2D eigenvalue weighted by atomic mass is 10.0. The fraction of sp³-hybridized carbons (Fsp3) is 0.600. The number of halogens is 3. The molecule has 0 radical (unpaired) electrons. The third-order valence-electron chi connectivity index (χ3n) is 3.08. The van der Waals surface area contributed by atoms with E-state index in [-0.39, 0.29) is 6.04 Å². The van der Waals surface area contributed by atoms with Crippen LogP contribution in [0.3, 0.4) is 0 Å². The molecule has 0 aliphatic rings. The van der Waals surface area contributed by atoms with Gasteiger partial charge in [0.15, 0.2) is 0 Å². The predicted octanol–water partition coefficient (Wildman–Crippen LogP) is 3.34. The summed E-state index contributed by atoms with van der Waals surface area (Å²) < 4.78 is 37.9. The van der Waals surface area contributed by atoms with Crippen LogP contribution in [0.4, 0.5) is 13.2 Å². The quantitative estimate of drug-likeness (QED) is 0.808. The first kappa shape index (κ1) is 18.3. The molecule has 0 bridgehead atoms. The predicted molar refractivity (Wildman–Crippen MR) is 81.6 cm³/mol. The molecule has 0 heterocycles. The highest BCUT2D eigenvalue weighted by Gasteiger charge is 2.30. The van der Waals surface area contributed by atoms with Crippen LogP contribution in [0.2, 0.25) is 0 Å². The first-order valence-electron chi connectivity index (χ1n) is 6.75. The molecular weight excluding hydrogens is 299 g/mol. The monoisotopic (exact) mass is 321 g/mol. The molecule has 0 aliphatic carbocycles. The van der Waals surface area contributed by atoms with E-state index in [0.29, 0.717) is 24.3 Å². The lowest BCUT2D eigenvalue weighted by molar-refractivity contribution is -0.137. The van der Waals surface area contributed by atoms with Gasteiger partial charge in [-0.3, -0.25) is 0 Å². The number of hydrogen-bond donors (Lipinski definition) is 2. The van der Waals surface area contributed by atoms with Gasteiger partial charge in [0.05, 0.1) is 11.2 Å². The highest BCUT2D eigenvalue weighted by atomic mass is 32.2. The highest BCUT2D eigenvalue weighted by molar-refractivity contribution is 7.98. The summed E-state index contributed by atoms with van der Waals surface area (Å²) in [5.74, 6) is 0.607. The minimum Gasteiger partial charge on any atom is -0.388 e. The highest BCUT2D eigenvalue weighted by Crippen LogP contribution is 2.29. The number of nitrogens with one attached hydrogen (secondary N) is 1. The summed E-state index contributed by atoms with van der Waals surface area (Å²) in [6, 6.07) is 5.35. The Balaban J connectivity index is 2.57. The van der Waals surface area contributed by atoms with Crippen LogP contribution < -0.4 is 5.32 Å². The van der Waals surface area contributed by atoms with Crippen LogP contribution in [-0.4, -0.2) is 35.3 Å². The Labute approximate surface area is 128 Å². The van der Waals surface area contributed by atoms with Crippen LogP contribution in [-0.2, 0) is 12.6 Å². The summed E-state index contributed by atoms with van der Waals surface area (Å²) >= 11 is 1.55. The van der Waals surface area contributed by atoms with Crippen molar-refractivity contribution in [3.05, 3.63) is 35.4 Å². The van der Waals surface area contributed by atoms with Crippen molar-refractivity contribution in [1.29, 1.82) is 0 Å². The molecule has 21 heavy (non-hydrogen) atoms. The van der Waals surface area contributed by atoms with Crippen molar-refractivity contribution in [2.75, 3.05) is 18.6 Å². The van der Waals surface area contributed by atoms with Crippen molar-refractivity contribution < 1.29 is 18.3 Å². The fourth-order valence-electron chi connectivity index (χ4n) is 2.06. The van der Waals surface area contributed by atoms with Gasteiger partial charge in [0.25, 0.3) is 0 Å². The van der Waals surface area contributed by atoms with Crippen molar-refractivity contribution in [1.82, 2.24) is 5.32 Å². The molecule has 0 saturated carbocycles. The number of hydrogen-bond acceptors (Lipinski definition) is 3. The first-order valence-corrected chi connectivity index (χ1v) is 8.14. The molecule has 2 N–H and O–H groups in total. The number of benzene rings is 1. The molecule has 0 unspecified atom stereocenters. The smallest absolute Gasteiger partial charge is 0.388 e. The van der Waals surface area contributed by atoms with Crippen molar-refractivity contribution in [2.24, 2.45) is 0 Å². The number of thioether (sulfide) groups is 1. The molecule has 1 rings (SSSR count). The maximum absolute atomic E-state index is 12.6. The van der Waals surface area contributed by atoms with Crippen LogP contribution in [0.5, 0.6) is 0 Å². The molecule has 0 amide bonds. The fourth-order valence-corrected chi connectivity index (χ4v) is 2.78. The summed E-state index contributed by atoms with van der Waals surface area (Å²) in [5.41, 5.74) is -0.808. The molecule has 2 nitrogen and oxygen atoms in total. The van der Waals surface area contributed by atoms with E-state index in [9.17, 15) is 18.3 Å². The molecule has 0 fully saturated rings. The van der Waals surface area contributed by atoms with Crippen LogP contribution in [0, 0.1) is 0 Å². The molecular formula is C15H22F3NOS. The Kier molecular flexibility index (Phi) is 6.56. The molecule has 2 atom stereocenters.